The highest BCUT2D eigenvalue weighted by Gasteiger charge is 2.23. The van der Waals surface area contributed by atoms with Crippen molar-refractivity contribution in [3.05, 3.63) is 83.2 Å². The molecule has 1 aliphatic heterocycles. The molecule has 4 heteroatoms. The largest absolute Gasteiger partial charge is 0.493 e. The Morgan fingerprint density at radius 2 is 2.03 bits per heavy atom. The van der Waals surface area contributed by atoms with Crippen LogP contribution in [-0.4, -0.2) is 24.7 Å². The Morgan fingerprint density at radius 3 is 2.86 bits per heavy atom. The smallest absolute Gasteiger partial charge is 0.338 e. The number of pyridine rings is 1. The highest BCUT2D eigenvalue weighted by atomic mass is 16.5. The maximum atomic E-state index is 12.0. The molecule has 0 radical (unpaired) electrons. The van der Waals surface area contributed by atoms with Crippen molar-refractivity contribution in [1.29, 1.82) is 0 Å². The molecule has 4 nitrogen and oxygen atoms in total. The average Bonchev–Trinajstić information content (AvgIpc) is 2.77. The molecular weight excluding hydrogens is 362 g/mol. The van der Waals surface area contributed by atoms with Crippen LogP contribution < -0.4 is 4.74 Å². The lowest BCUT2D eigenvalue weighted by Crippen LogP contribution is -2.15. The fourth-order valence-electron chi connectivity index (χ4n) is 4.03. The van der Waals surface area contributed by atoms with Gasteiger partial charge in [-0.25, -0.2) is 4.79 Å². The van der Waals surface area contributed by atoms with Crippen LogP contribution in [0.1, 0.15) is 45.8 Å². The van der Waals surface area contributed by atoms with Crippen LogP contribution in [0.3, 0.4) is 0 Å². The summed E-state index contributed by atoms with van der Waals surface area (Å²) in [5.41, 5.74) is 6.41. The zero-order valence-corrected chi connectivity index (χ0v) is 16.9. The first kappa shape index (κ1) is 19.2. The fourth-order valence-corrected chi connectivity index (χ4v) is 4.03. The van der Waals surface area contributed by atoms with Crippen molar-refractivity contribution >= 4 is 5.97 Å². The molecule has 29 heavy (non-hydrogen) atoms. The average molecular weight is 387 g/mol. The van der Waals surface area contributed by atoms with E-state index in [1.165, 1.54) is 29.4 Å². The van der Waals surface area contributed by atoms with Crippen LogP contribution in [0, 0.1) is 6.92 Å². The second-order valence-corrected chi connectivity index (χ2v) is 7.52. The van der Waals surface area contributed by atoms with Crippen molar-refractivity contribution in [3.8, 4) is 16.9 Å². The Bertz CT molecular complexity index is 1030. The lowest BCUT2D eigenvalue weighted by molar-refractivity contribution is 0.0599. The molecule has 0 bridgehead atoms. The fraction of sp³-hybridized carbons (Fsp3) is 0.280. The third-order valence-corrected chi connectivity index (χ3v) is 5.60. The van der Waals surface area contributed by atoms with Crippen molar-refractivity contribution in [2.75, 3.05) is 13.7 Å². The molecule has 4 rings (SSSR count). The summed E-state index contributed by atoms with van der Waals surface area (Å²) in [6.07, 6.45) is 6.10. The van der Waals surface area contributed by atoms with Gasteiger partial charge in [-0.3, -0.25) is 4.98 Å². The van der Waals surface area contributed by atoms with Crippen LogP contribution in [0.25, 0.3) is 11.1 Å². The first-order chi connectivity index (χ1) is 14.2. The second kappa shape index (κ2) is 8.48. The van der Waals surface area contributed by atoms with E-state index in [-0.39, 0.29) is 5.97 Å². The summed E-state index contributed by atoms with van der Waals surface area (Å²) in [6, 6.07) is 16.8. The maximum Gasteiger partial charge on any atom is 0.338 e. The molecule has 1 aromatic heterocycles. The van der Waals surface area contributed by atoms with Gasteiger partial charge in [0.25, 0.3) is 0 Å². The number of hydrogen-bond acceptors (Lipinski definition) is 4. The van der Waals surface area contributed by atoms with Gasteiger partial charge >= 0.3 is 5.97 Å². The molecule has 2 heterocycles. The Labute approximate surface area is 171 Å². The predicted octanol–water partition coefficient (Wildman–Crippen LogP) is 5.34. The first-order valence-corrected chi connectivity index (χ1v) is 10.0. The number of esters is 1. The van der Waals surface area contributed by atoms with Crippen LogP contribution in [0.15, 0.2) is 60.9 Å². The van der Waals surface area contributed by atoms with E-state index in [1.54, 1.807) is 18.5 Å². The monoisotopic (exact) mass is 387 g/mol. The van der Waals surface area contributed by atoms with Crippen LogP contribution >= 0.6 is 0 Å². The van der Waals surface area contributed by atoms with Gasteiger partial charge in [0.2, 0.25) is 0 Å². The lowest BCUT2D eigenvalue weighted by atomic mass is 9.86. The summed E-state index contributed by atoms with van der Waals surface area (Å²) in [5.74, 6) is 1.06. The number of fused-ring (bicyclic) bond motifs is 1. The minimum absolute atomic E-state index is 0.308. The van der Waals surface area contributed by atoms with Gasteiger partial charge < -0.3 is 9.47 Å². The number of rotatable bonds is 5. The SMILES string of the molecule is COC(=O)c1ccncc1CC[C@H]1CCOc2cc(-c3cccc(C)c3)ccc21. The molecule has 0 spiro atoms. The van der Waals surface area contributed by atoms with Crippen molar-refractivity contribution in [1.82, 2.24) is 4.98 Å². The highest BCUT2D eigenvalue weighted by Crippen LogP contribution is 2.39. The van der Waals surface area contributed by atoms with Crippen LogP contribution in [0.4, 0.5) is 0 Å². The van der Waals surface area contributed by atoms with Crippen LogP contribution in [-0.2, 0) is 11.2 Å². The Morgan fingerprint density at radius 1 is 1.17 bits per heavy atom. The number of hydrogen-bond donors (Lipinski definition) is 0. The van der Waals surface area contributed by atoms with Gasteiger partial charge in [0, 0.05) is 12.4 Å². The molecule has 0 saturated heterocycles. The number of nitrogens with zero attached hydrogens (tertiary/aromatic N) is 1. The number of aromatic nitrogens is 1. The highest BCUT2D eigenvalue weighted by molar-refractivity contribution is 5.90. The van der Waals surface area contributed by atoms with E-state index in [0.717, 1.165) is 30.6 Å². The molecule has 0 N–H and O–H groups in total. The number of carbonyl (C=O) groups excluding carboxylic acids is 1. The van der Waals surface area contributed by atoms with Crippen molar-refractivity contribution in [2.45, 2.75) is 32.1 Å². The summed E-state index contributed by atoms with van der Waals surface area (Å²) < 4.78 is 10.9. The number of ether oxygens (including phenoxy) is 2. The van der Waals surface area contributed by atoms with Gasteiger partial charge in [-0.05, 0) is 66.5 Å². The number of benzene rings is 2. The minimum Gasteiger partial charge on any atom is -0.493 e. The van der Waals surface area contributed by atoms with Gasteiger partial charge in [-0.1, -0.05) is 42.0 Å². The summed E-state index contributed by atoms with van der Waals surface area (Å²) in [4.78, 5) is 16.2. The summed E-state index contributed by atoms with van der Waals surface area (Å²) >= 11 is 0. The summed E-state index contributed by atoms with van der Waals surface area (Å²) in [5, 5.41) is 0. The zero-order valence-electron chi connectivity index (χ0n) is 16.9. The van der Waals surface area contributed by atoms with E-state index in [0.29, 0.717) is 18.1 Å². The summed E-state index contributed by atoms with van der Waals surface area (Å²) in [6.45, 7) is 2.82. The minimum atomic E-state index is -0.308. The molecule has 1 atom stereocenters. The van der Waals surface area contributed by atoms with Gasteiger partial charge in [0.15, 0.2) is 0 Å². The van der Waals surface area contributed by atoms with Crippen LogP contribution in [0.2, 0.25) is 0 Å². The van der Waals surface area contributed by atoms with E-state index in [4.69, 9.17) is 9.47 Å². The third kappa shape index (κ3) is 4.16. The molecule has 0 aliphatic carbocycles. The summed E-state index contributed by atoms with van der Waals surface area (Å²) in [7, 11) is 1.41. The second-order valence-electron chi connectivity index (χ2n) is 7.52. The molecule has 0 fully saturated rings. The third-order valence-electron chi connectivity index (χ3n) is 5.60. The Kier molecular flexibility index (Phi) is 5.61. The maximum absolute atomic E-state index is 12.0. The van der Waals surface area contributed by atoms with Crippen LogP contribution in [0.5, 0.6) is 5.75 Å². The van der Waals surface area contributed by atoms with Gasteiger partial charge in [-0.15, -0.1) is 0 Å². The molecule has 0 saturated carbocycles. The molecule has 148 valence electrons. The van der Waals surface area contributed by atoms with Gasteiger partial charge in [-0.2, -0.15) is 0 Å². The zero-order chi connectivity index (χ0) is 20.2. The molecule has 1 aliphatic rings. The van der Waals surface area contributed by atoms with Crippen molar-refractivity contribution < 1.29 is 14.3 Å². The molecular formula is C25H25NO3. The topological polar surface area (TPSA) is 48.4 Å². The molecule has 3 aromatic rings. The molecule has 0 amide bonds. The predicted molar refractivity (Wildman–Crippen MR) is 113 cm³/mol. The van der Waals surface area contributed by atoms with Crippen molar-refractivity contribution in [2.24, 2.45) is 0 Å². The standard InChI is InChI=1S/C25H25NO3/c1-17-4-3-5-19(14-17)20-8-9-22-18(11-13-29-24(22)15-20)6-7-21-16-26-12-10-23(21)25(27)28-2/h3-5,8-10,12,14-16,18H,6-7,11,13H2,1-2H3/t18-/m0/s1. The lowest BCUT2D eigenvalue weighted by Gasteiger charge is -2.26. The molecule has 0 unspecified atom stereocenters. The Balaban J connectivity index is 1.54. The molecule has 2 aromatic carbocycles. The van der Waals surface area contributed by atoms with E-state index in [2.05, 4.69) is 54.4 Å². The van der Waals surface area contributed by atoms with E-state index < -0.39 is 0 Å². The van der Waals surface area contributed by atoms with E-state index >= 15 is 0 Å². The quantitative estimate of drug-likeness (QED) is 0.554. The Hall–Kier alpha value is -3.14. The normalized spacial score (nSPS) is 15.3. The van der Waals surface area contributed by atoms with Gasteiger partial charge in [0.05, 0.1) is 19.3 Å². The number of aryl methyl sites for hydroxylation is 2. The number of methoxy groups -OCH3 is 1. The van der Waals surface area contributed by atoms with E-state index in [1.807, 2.05) is 0 Å². The van der Waals surface area contributed by atoms with E-state index in [9.17, 15) is 4.79 Å². The van der Waals surface area contributed by atoms with Gasteiger partial charge in [0.1, 0.15) is 5.75 Å². The number of carbonyl (C=O) groups is 1. The van der Waals surface area contributed by atoms with Crippen molar-refractivity contribution in [3.63, 3.8) is 0 Å². The first-order valence-electron chi connectivity index (χ1n) is 10.0.